The van der Waals surface area contributed by atoms with Crippen LogP contribution in [0.25, 0.3) is 0 Å². The number of hydrogen-bond acceptors (Lipinski definition) is 2. The van der Waals surface area contributed by atoms with Gasteiger partial charge in [-0.25, -0.2) is 0 Å². The van der Waals surface area contributed by atoms with Crippen LogP contribution in [0.5, 0.6) is 0 Å². The van der Waals surface area contributed by atoms with Crippen molar-refractivity contribution in [3.05, 3.63) is 0 Å². The minimum absolute atomic E-state index is 0.0681. The Morgan fingerprint density at radius 3 is 2.45 bits per heavy atom. The molecule has 0 saturated carbocycles. The van der Waals surface area contributed by atoms with Crippen molar-refractivity contribution in [3.8, 4) is 0 Å². The first-order valence-corrected chi connectivity index (χ1v) is 5.31. The zero-order chi connectivity index (χ0) is 8.53. The normalized spacial score (nSPS) is 13.6. The minimum atomic E-state index is 0.0681. The minimum Gasteiger partial charge on any atom is -0.404 e. The molecule has 1 atom stereocenters. The van der Waals surface area contributed by atoms with E-state index in [1.54, 1.807) is 0 Å². The first-order valence-electron chi connectivity index (χ1n) is 4.49. The molecule has 0 aliphatic rings. The van der Waals surface area contributed by atoms with Crippen LogP contribution in [0.4, 0.5) is 0 Å². The van der Waals surface area contributed by atoms with Gasteiger partial charge in [0.1, 0.15) is 16.8 Å². The predicted octanol–water partition coefficient (Wildman–Crippen LogP) is 1.23. The summed E-state index contributed by atoms with van der Waals surface area (Å²) in [5.74, 6) is 0. The molecule has 0 aromatic rings. The fourth-order valence-corrected chi connectivity index (χ4v) is 1.39. The standard InChI is InChI=1S/C8H20O2Si/c1-3-5-6-7-9-8(4-2)10-11/h8H,3-7H2,1-2,11H3. The molecule has 2 nitrogen and oxygen atoms in total. The van der Waals surface area contributed by atoms with Gasteiger partial charge in [-0.1, -0.05) is 26.7 Å². The van der Waals surface area contributed by atoms with Gasteiger partial charge in [0.2, 0.25) is 0 Å². The van der Waals surface area contributed by atoms with Gasteiger partial charge >= 0.3 is 0 Å². The Hall–Kier alpha value is 0.137. The third-order valence-corrected chi connectivity index (χ3v) is 2.17. The van der Waals surface area contributed by atoms with Crippen LogP contribution in [0.2, 0.25) is 0 Å². The summed E-state index contributed by atoms with van der Waals surface area (Å²) in [6.07, 6.45) is 4.71. The summed E-state index contributed by atoms with van der Waals surface area (Å²) < 4.78 is 10.7. The number of ether oxygens (including phenoxy) is 1. The van der Waals surface area contributed by atoms with Gasteiger partial charge in [0.05, 0.1) is 0 Å². The van der Waals surface area contributed by atoms with E-state index in [-0.39, 0.29) is 6.29 Å². The molecule has 0 aliphatic carbocycles. The largest absolute Gasteiger partial charge is 0.404 e. The van der Waals surface area contributed by atoms with E-state index in [0.717, 1.165) is 29.9 Å². The number of hydrogen-bond donors (Lipinski definition) is 0. The van der Waals surface area contributed by atoms with Crippen molar-refractivity contribution in [1.82, 2.24) is 0 Å². The third-order valence-electron chi connectivity index (χ3n) is 1.65. The lowest BCUT2D eigenvalue weighted by atomic mass is 10.3. The molecule has 0 spiro atoms. The van der Waals surface area contributed by atoms with Crippen LogP contribution in [0, 0.1) is 0 Å². The second kappa shape index (κ2) is 8.24. The van der Waals surface area contributed by atoms with Crippen molar-refractivity contribution in [2.24, 2.45) is 0 Å². The smallest absolute Gasteiger partial charge is 0.149 e. The maximum Gasteiger partial charge on any atom is 0.149 e. The van der Waals surface area contributed by atoms with Gasteiger partial charge in [-0.2, -0.15) is 0 Å². The lowest BCUT2D eigenvalue weighted by Crippen LogP contribution is -2.15. The van der Waals surface area contributed by atoms with Crippen molar-refractivity contribution < 1.29 is 9.16 Å². The van der Waals surface area contributed by atoms with E-state index in [1.807, 2.05) is 0 Å². The Labute approximate surface area is 72.8 Å². The van der Waals surface area contributed by atoms with Crippen molar-refractivity contribution >= 4 is 10.5 Å². The second-order valence-electron chi connectivity index (χ2n) is 2.65. The molecule has 0 N–H and O–H groups in total. The van der Waals surface area contributed by atoms with Gasteiger partial charge in [-0.15, -0.1) is 0 Å². The Morgan fingerprint density at radius 2 is 2.00 bits per heavy atom. The molecule has 0 aromatic carbocycles. The summed E-state index contributed by atoms with van der Waals surface area (Å²) in [7, 11) is 0.776. The van der Waals surface area contributed by atoms with Crippen molar-refractivity contribution in [2.75, 3.05) is 6.61 Å². The van der Waals surface area contributed by atoms with Crippen molar-refractivity contribution in [1.29, 1.82) is 0 Å². The first kappa shape index (κ1) is 11.1. The van der Waals surface area contributed by atoms with Crippen molar-refractivity contribution in [3.63, 3.8) is 0 Å². The van der Waals surface area contributed by atoms with Gasteiger partial charge in [-0.3, -0.25) is 0 Å². The van der Waals surface area contributed by atoms with Gasteiger partial charge < -0.3 is 9.16 Å². The average Bonchev–Trinajstić information content (AvgIpc) is 2.05. The maximum atomic E-state index is 5.46. The number of unbranched alkanes of at least 4 members (excludes halogenated alkanes) is 2. The quantitative estimate of drug-likeness (QED) is 0.330. The molecule has 3 heteroatoms. The molecule has 0 aromatic heterocycles. The molecule has 0 heterocycles. The zero-order valence-electron chi connectivity index (χ0n) is 7.93. The van der Waals surface area contributed by atoms with Gasteiger partial charge in [-0.05, 0) is 12.8 Å². The van der Waals surface area contributed by atoms with Crippen LogP contribution in [-0.4, -0.2) is 23.4 Å². The summed E-state index contributed by atoms with van der Waals surface area (Å²) in [5, 5.41) is 0. The molecular weight excluding hydrogens is 156 g/mol. The van der Waals surface area contributed by atoms with E-state index >= 15 is 0 Å². The Bertz CT molecular complexity index is 74.5. The highest BCUT2D eigenvalue weighted by molar-refractivity contribution is 5.98. The molecule has 0 saturated heterocycles. The lowest BCUT2D eigenvalue weighted by molar-refractivity contribution is -0.0790. The van der Waals surface area contributed by atoms with Crippen LogP contribution in [-0.2, 0) is 9.16 Å². The molecule has 1 unspecified atom stereocenters. The fraction of sp³-hybridized carbons (Fsp3) is 1.00. The van der Waals surface area contributed by atoms with Gasteiger partial charge in [0.15, 0.2) is 0 Å². The molecule has 0 aliphatic heterocycles. The van der Waals surface area contributed by atoms with Gasteiger partial charge in [0, 0.05) is 6.61 Å². The summed E-state index contributed by atoms with van der Waals surface area (Å²) >= 11 is 0. The topological polar surface area (TPSA) is 18.5 Å². The van der Waals surface area contributed by atoms with Crippen LogP contribution < -0.4 is 0 Å². The zero-order valence-corrected chi connectivity index (χ0v) is 9.93. The maximum absolute atomic E-state index is 5.46. The summed E-state index contributed by atoms with van der Waals surface area (Å²) in [5.41, 5.74) is 0. The summed E-state index contributed by atoms with van der Waals surface area (Å²) in [4.78, 5) is 0. The average molecular weight is 176 g/mol. The van der Waals surface area contributed by atoms with Crippen LogP contribution in [0.15, 0.2) is 0 Å². The molecule has 11 heavy (non-hydrogen) atoms. The lowest BCUT2D eigenvalue weighted by Gasteiger charge is -2.13. The third kappa shape index (κ3) is 6.53. The highest BCUT2D eigenvalue weighted by Gasteiger charge is 2.01. The van der Waals surface area contributed by atoms with E-state index in [1.165, 1.54) is 12.8 Å². The molecule has 68 valence electrons. The molecule has 0 rings (SSSR count). The molecule has 0 amide bonds. The summed E-state index contributed by atoms with van der Waals surface area (Å²) in [6, 6.07) is 0. The van der Waals surface area contributed by atoms with Crippen LogP contribution in [0.3, 0.4) is 0 Å². The molecule has 0 fully saturated rings. The van der Waals surface area contributed by atoms with E-state index in [9.17, 15) is 0 Å². The van der Waals surface area contributed by atoms with Crippen molar-refractivity contribution in [2.45, 2.75) is 45.8 Å². The van der Waals surface area contributed by atoms with Gasteiger partial charge in [0.25, 0.3) is 0 Å². The SMILES string of the molecule is CCCCCOC(CC)O[SiH3]. The predicted molar refractivity (Wildman–Crippen MR) is 50.6 cm³/mol. The second-order valence-corrected chi connectivity index (χ2v) is 3.12. The molecule has 0 bridgehead atoms. The Balaban J connectivity index is 3.07. The van der Waals surface area contributed by atoms with Crippen LogP contribution >= 0.6 is 0 Å². The highest BCUT2D eigenvalue weighted by atomic mass is 28.2. The monoisotopic (exact) mass is 176 g/mol. The van der Waals surface area contributed by atoms with E-state index in [0.29, 0.717) is 0 Å². The van der Waals surface area contributed by atoms with E-state index < -0.39 is 0 Å². The molecular formula is C8H20O2Si. The summed E-state index contributed by atoms with van der Waals surface area (Å²) in [6.45, 7) is 5.14. The van der Waals surface area contributed by atoms with E-state index in [4.69, 9.17) is 9.16 Å². The first-order chi connectivity index (χ1) is 5.35. The fourth-order valence-electron chi connectivity index (χ4n) is 0.919. The number of rotatable bonds is 7. The van der Waals surface area contributed by atoms with Crippen LogP contribution in [0.1, 0.15) is 39.5 Å². The Morgan fingerprint density at radius 1 is 1.27 bits per heavy atom. The van der Waals surface area contributed by atoms with E-state index in [2.05, 4.69) is 13.8 Å². The molecule has 0 radical (unpaired) electrons. The Kier molecular flexibility index (Phi) is 8.34. The highest BCUT2D eigenvalue weighted by Crippen LogP contribution is 2.01.